The molecule has 1 aromatic heterocycles. The predicted octanol–water partition coefficient (Wildman–Crippen LogP) is 3.21. The first-order chi connectivity index (χ1) is 9.82. The van der Waals surface area contributed by atoms with E-state index in [1.54, 1.807) is 11.3 Å². The van der Waals surface area contributed by atoms with E-state index in [-0.39, 0.29) is 6.09 Å². The van der Waals surface area contributed by atoms with Crippen LogP contribution in [0.15, 0.2) is 9.98 Å². The van der Waals surface area contributed by atoms with Crippen LogP contribution in [0.4, 0.5) is 9.93 Å². The second kappa shape index (κ2) is 5.43. The Balaban J connectivity index is 1.58. The van der Waals surface area contributed by atoms with E-state index in [0.717, 1.165) is 35.1 Å². The van der Waals surface area contributed by atoms with Crippen molar-refractivity contribution < 1.29 is 9.53 Å². The second-order valence-corrected chi connectivity index (χ2v) is 9.15. The maximum Gasteiger partial charge on any atom is 0.410 e. The van der Waals surface area contributed by atoms with Crippen LogP contribution < -0.4 is 4.90 Å². The molecule has 0 aromatic carbocycles. The lowest BCUT2D eigenvalue weighted by Crippen LogP contribution is -2.37. The van der Waals surface area contributed by atoms with E-state index < -0.39 is 5.60 Å². The minimum atomic E-state index is -0.423. The number of halogens is 1. The third-order valence-electron chi connectivity index (χ3n) is 3.87. The molecule has 0 aliphatic carbocycles. The highest BCUT2D eigenvalue weighted by Crippen LogP contribution is 2.36. The summed E-state index contributed by atoms with van der Waals surface area (Å²) in [7, 11) is 0. The molecule has 7 heteroatoms. The average Bonchev–Trinajstić information content (AvgIpc) is 2.98. The van der Waals surface area contributed by atoms with E-state index in [1.807, 2.05) is 31.9 Å². The summed E-state index contributed by atoms with van der Waals surface area (Å²) >= 11 is 5.12. The van der Waals surface area contributed by atoms with Gasteiger partial charge < -0.3 is 14.5 Å². The van der Waals surface area contributed by atoms with Crippen molar-refractivity contribution in [2.24, 2.45) is 11.8 Å². The summed E-state index contributed by atoms with van der Waals surface area (Å²) in [5.74, 6) is 1.06. The number of amides is 1. The SMILES string of the molecule is CC(C)(C)OC(=O)N1CC2CN(c3ncc(Br)s3)CC2C1. The number of rotatable bonds is 1. The third kappa shape index (κ3) is 3.34. The van der Waals surface area contributed by atoms with Crippen molar-refractivity contribution in [3.8, 4) is 0 Å². The zero-order chi connectivity index (χ0) is 15.2. The van der Waals surface area contributed by atoms with Crippen molar-refractivity contribution in [3.63, 3.8) is 0 Å². The summed E-state index contributed by atoms with van der Waals surface area (Å²) in [5, 5.41) is 1.07. The first kappa shape index (κ1) is 15.1. The number of carbonyl (C=O) groups excluding carboxylic acids is 1. The number of aromatic nitrogens is 1. The number of nitrogens with zero attached hydrogens (tertiary/aromatic N) is 3. The average molecular weight is 374 g/mol. The standard InChI is InChI=1S/C14H20BrN3O2S/c1-14(2,3)20-13(19)18-7-9-5-17(6-10(9)8-18)12-16-4-11(15)21-12/h4,9-10H,5-8H2,1-3H3. The molecule has 5 nitrogen and oxygen atoms in total. The maximum atomic E-state index is 12.1. The Morgan fingerprint density at radius 3 is 2.43 bits per heavy atom. The van der Waals surface area contributed by atoms with Crippen molar-refractivity contribution >= 4 is 38.5 Å². The lowest BCUT2D eigenvalue weighted by Gasteiger charge is -2.25. The number of ether oxygens (including phenoxy) is 1. The summed E-state index contributed by atoms with van der Waals surface area (Å²) in [4.78, 5) is 20.7. The molecule has 0 bridgehead atoms. The highest BCUT2D eigenvalue weighted by Gasteiger charge is 2.43. The molecular formula is C14H20BrN3O2S. The van der Waals surface area contributed by atoms with E-state index in [2.05, 4.69) is 25.8 Å². The van der Waals surface area contributed by atoms with Gasteiger partial charge in [-0.3, -0.25) is 0 Å². The van der Waals surface area contributed by atoms with E-state index in [4.69, 9.17) is 4.74 Å². The number of hydrogen-bond donors (Lipinski definition) is 0. The minimum absolute atomic E-state index is 0.180. The topological polar surface area (TPSA) is 45.7 Å². The zero-order valence-electron chi connectivity index (χ0n) is 12.5. The summed E-state index contributed by atoms with van der Waals surface area (Å²) < 4.78 is 6.52. The Morgan fingerprint density at radius 2 is 1.95 bits per heavy atom. The lowest BCUT2D eigenvalue weighted by molar-refractivity contribution is 0.0282. The number of hydrogen-bond acceptors (Lipinski definition) is 5. The molecule has 1 amide bonds. The Bertz CT molecular complexity index is 529. The fourth-order valence-corrected chi connectivity index (χ4v) is 4.22. The molecule has 2 unspecified atom stereocenters. The Morgan fingerprint density at radius 1 is 1.33 bits per heavy atom. The van der Waals surface area contributed by atoms with Crippen molar-refractivity contribution in [3.05, 3.63) is 9.98 Å². The first-order valence-electron chi connectivity index (χ1n) is 7.16. The molecule has 0 N–H and O–H groups in total. The molecule has 2 fully saturated rings. The predicted molar refractivity (Wildman–Crippen MR) is 86.8 cm³/mol. The van der Waals surface area contributed by atoms with Crippen molar-refractivity contribution in [2.45, 2.75) is 26.4 Å². The van der Waals surface area contributed by atoms with E-state index in [0.29, 0.717) is 11.8 Å². The van der Waals surface area contributed by atoms with E-state index in [1.165, 1.54) is 0 Å². The molecule has 2 saturated heterocycles. The normalized spacial score (nSPS) is 25.3. The summed E-state index contributed by atoms with van der Waals surface area (Å²) in [6, 6.07) is 0. The molecule has 21 heavy (non-hydrogen) atoms. The van der Waals surface area contributed by atoms with Gasteiger partial charge >= 0.3 is 6.09 Å². The number of thiazole rings is 1. The van der Waals surface area contributed by atoms with Crippen LogP contribution in [-0.4, -0.2) is 47.8 Å². The van der Waals surface area contributed by atoms with Gasteiger partial charge in [-0.1, -0.05) is 11.3 Å². The van der Waals surface area contributed by atoms with Gasteiger partial charge in [-0.25, -0.2) is 9.78 Å². The van der Waals surface area contributed by atoms with Crippen molar-refractivity contribution in [1.82, 2.24) is 9.88 Å². The van der Waals surface area contributed by atoms with Crippen molar-refractivity contribution in [1.29, 1.82) is 0 Å². The molecule has 116 valence electrons. The molecule has 0 radical (unpaired) electrons. The highest BCUT2D eigenvalue weighted by atomic mass is 79.9. The van der Waals surface area contributed by atoms with Crippen LogP contribution in [0.1, 0.15) is 20.8 Å². The summed E-state index contributed by atoms with van der Waals surface area (Å²) in [6.07, 6.45) is 1.67. The number of carbonyl (C=O) groups is 1. The molecule has 0 saturated carbocycles. The fraction of sp³-hybridized carbons (Fsp3) is 0.714. The van der Waals surface area contributed by atoms with Crippen LogP contribution in [0.5, 0.6) is 0 Å². The second-order valence-electron chi connectivity index (χ2n) is 6.76. The fourth-order valence-electron chi connectivity index (χ4n) is 3.02. The molecular weight excluding hydrogens is 354 g/mol. The van der Waals surface area contributed by atoms with Crippen LogP contribution in [0.3, 0.4) is 0 Å². The van der Waals surface area contributed by atoms with Gasteiger partial charge in [0.05, 0.1) is 9.98 Å². The largest absolute Gasteiger partial charge is 0.444 e. The molecule has 3 heterocycles. The van der Waals surface area contributed by atoms with Crippen LogP contribution in [0, 0.1) is 11.8 Å². The third-order valence-corrected chi connectivity index (χ3v) is 5.41. The maximum absolute atomic E-state index is 12.1. The zero-order valence-corrected chi connectivity index (χ0v) is 14.9. The van der Waals surface area contributed by atoms with Crippen molar-refractivity contribution in [2.75, 3.05) is 31.1 Å². The Labute approximate surface area is 137 Å². The van der Waals surface area contributed by atoms with Gasteiger partial charge in [0.1, 0.15) is 5.60 Å². The number of likely N-dealkylation sites (tertiary alicyclic amines) is 1. The lowest BCUT2D eigenvalue weighted by atomic mass is 10.0. The molecule has 3 rings (SSSR count). The molecule has 2 atom stereocenters. The van der Waals surface area contributed by atoms with E-state index >= 15 is 0 Å². The van der Waals surface area contributed by atoms with Crippen LogP contribution >= 0.6 is 27.3 Å². The van der Waals surface area contributed by atoms with Crippen LogP contribution in [0.25, 0.3) is 0 Å². The smallest absolute Gasteiger partial charge is 0.410 e. The highest BCUT2D eigenvalue weighted by molar-refractivity contribution is 9.11. The Kier molecular flexibility index (Phi) is 3.90. The van der Waals surface area contributed by atoms with Gasteiger partial charge in [0, 0.05) is 38.0 Å². The number of fused-ring (bicyclic) bond motifs is 1. The number of anilines is 1. The van der Waals surface area contributed by atoms with Gasteiger partial charge in [-0.05, 0) is 36.7 Å². The molecule has 0 spiro atoms. The minimum Gasteiger partial charge on any atom is -0.444 e. The summed E-state index contributed by atoms with van der Waals surface area (Å²) in [5.41, 5.74) is -0.423. The van der Waals surface area contributed by atoms with Gasteiger partial charge in [-0.2, -0.15) is 0 Å². The van der Waals surface area contributed by atoms with Gasteiger partial charge in [0.2, 0.25) is 0 Å². The first-order valence-corrected chi connectivity index (χ1v) is 8.77. The molecule has 1 aromatic rings. The van der Waals surface area contributed by atoms with Gasteiger partial charge in [-0.15, -0.1) is 0 Å². The van der Waals surface area contributed by atoms with E-state index in [9.17, 15) is 4.79 Å². The molecule has 2 aliphatic rings. The van der Waals surface area contributed by atoms with Gasteiger partial charge in [0.25, 0.3) is 0 Å². The van der Waals surface area contributed by atoms with Crippen LogP contribution in [-0.2, 0) is 4.74 Å². The van der Waals surface area contributed by atoms with Crippen LogP contribution in [0.2, 0.25) is 0 Å². The van der Waals surface area contributed by atoms with Gasteiger partial charge in [0.15, 0.2) is 5.13 Å². The molecule has 2 aliphatic heterocycles. The monoisotopic (exact) mass is 373 g/mol. The Hall–Kier alpha value is -0.820. The summed E-state index contributed by atoms with van der Waals surface area (Å²) in [6.45, 7) is 9.26. The quantitative estimate of drug-likeness (QED) is 0.757.